The highest BCUT2D eigenvalue weighted by Crippen LogP contribution is 2.73. The highest BCUT2D eigenvalue weighted by atomic mass is 16.7. The minimum absolute atomic E-state index is 0.0842. The number of hydrogen-bond acceptors (Lipinski definition) is 10. The lowest BCUT2D eigenvalue weighted by Gasteiger charge is -2.67. The van der Waals surface area contributed by atoms with Gasteiger partial charge in [-0.2, -0.15) is 0 Å². The second-order valence-corrected chi connectivity index (χ2v) is 16.9. The second kappa shape index (κ2) is 15.2. The summed E-state index contributed by atoms with van der Waals surface area (Å²) >= 11 is 0. The Kier molecular flexibility index (Phi) is 11.7. The average Bonchev–Trinajstić information content (AvgIpc) is 3.30. The Morgan fingerprint density at radius 2 is 1.63 bits per heavy atom. The molecule has 0 bridgehead atoms. The highest BCUT2D eigenvalue weighted by Gasteiger charge is 2.71. The van der Waals surface area contributed by atoms with Crippen molar-refractivity contribution in [2.45, 2.75) is 144 Å². The van der Waals surface area contributed by atoms with Gasteiger partial charge in [-0.3, -0.25) is 19.2 Å². The standard InChI is InChI=1S/C41H58O11/c1-22(2)11-10-12-27(38(46)47)36-29-19-30(45)37-39(7)17-16-31(51-35-14-13-32(49-25(5)43)34(52-35)21-48-24(4)42)23(3)28(39)15-18-40(37,8)41(29,9)20-33(36)50-26(6)44/h11,13-14,23,28-29,31-35,37H,10,12,15-21H2,1-9H3,(H,46,47)/b36-27+/t23-,28-,29-,31+,32-,33-,34+,35?,37?,39-,40-,41-/m0/s1. The van der Waals surface area contributed by atoms with Gasteiger partial charge in [-0.05, 0) is 111 Å². The van der Waals surface area contributed by atoms with Crippen LogP contribution < -0.4 is 0 Å². The molecular formula is C41H58O11. The highest BCUT2D eigenvalue weighted by molar-refractivity contribution is 5.90. The first kappa shape index (κ1) is 39.9. The van der Waals surface area contributed by atoms with E-state index in [1.165, 1.54) is 20.8 Å². The number of hydrogen-bond donors (Lipinski definition) is 1. The van der Waals surface area contributed by atoms with Crippen molar-refractivity contribution in [2.75, 3.05) is 6.61 Å². The van der Waals surface area contributed by atoms with Gasteiger partial charge in [-0.25, -0.2) is 4.79 Å². The first-order valence-electron chi connectivity index (χ1n) is 18.9. The molecule has 4 saturated carbocycles. The number of Topliss-reactive ketones (excluding diaryl/α,β-unsaturated/α-hetero) is 1. The largest absolute Gasteiger partial charge is 0.478 e. The van der Waals surface area contributed by atoms with Crippen LogP contribution in [0, 0.1) is 39.9 Å². The van der Waals surface area contributed by atoms with Crippen molar-refractivity contribution in [3.05, 3.63) is 34.9 Å². The minimum atomic E-state index is -1.02. The third kappa shape index (κ3) is 7.41. The molecule has 4 aliphatic carbocycles. The van der Waals surface area contributed by atoms with Gasteiger partial charge in [-0.15, -0.1) is 0 Å². The Hall–Kier alpha value is -3.31. The molecule has 2 unspecified atom stereocenters. The van der Waals surface area contributed by atoms with Gasteiger partial charge in [0.25, 0.3) is 0 Å². The third-order valence-corrected chi connectivity index (χ3v) is 13.5. The molecule has 11 nitrogen and oxygen atoms in total. The zero-order valence-corrected chi connectivity index (χ0v) is 32.3. The van der Waals surface area contributed by atoms with Crippen molar-refractivity contribution >= 4 is 29.7 Å². The number of ketones is 1. The van der Waals surface area contributed by atoms with Crippen molar-refractivity contribution in [1.82, 2.24) is 0 Å². The molecule has 0 aromatic heterocycles. The minimum Gasteiger partial charge on any atom is -0.478 e. The first-order chi connectivity index (χ1) is 24.3. The summed E-state index contributed by atoms with van der Waals surface area (Å²) in [5.41, 5.74) is 0.776. The number of carbonyl (C=O) groups is 5. The van der Waals surface area contributed by atoms with Gasteiger partial charge in [-0.1, -0.05) is 39.3 Å². The number of rotatable bonds is 10. The van der Waals surface area contributed by atoms with E-state index in [-0.39, 0.29) is 59.6 Å². The van der Waals surface area contributed by atoms with Gasteiger partial charge in [0.2, 0.25) is 0 Å². The van der Waals surface area contributed by atoms with Gasteiger partial charge in [0.15, 0.2) is 6.29 Å². The second-order valence-electron chi connectivity index (χ2n) is 16.9. The average molecular weight is 727 g/mol. The fourth-order valence-electron chi connectivity index (χ4n) is 11.2. The van der Waals surface area contributed by atoms with Crippen LogP contribution in [0.2, 0.25) is 0 Å². The van der Waals surface area contributed by atoms with Gasteiger partial charge in [0, 0.05) is 38.7 Å². The van der Waals surface area contributed by atoms with E-state index in [1.54, 1.807) is 12.2 Å². The Morgan fingerprint density at radius 3 is 2.25 bits per heavy atom. The Morgan fingerprint density at radius 1 is 0.942 bits per heavy atom. The van der Waals surface area contributed by atoms with Crippen LogP contribution in [-0.4, -0.2) is 72.1 Å². The summed E-state index contributed by atoms with van der Waals surface area (Å²) in [4.78, 5) is 63.2. The van der Waals surface area contributed by atoms with E-state index in [9.17, 15) is 29.1 Å². The van der Waals surface area contributed by atoms with E-state index >= 15 is 0 Å². The molecule has 0 radical (unpaired) electrons. The molecule has 1 heterocycles. The van der Waals surface area contributed by atoms with E-state index < -0.39 is 59.3 Å². The molecule has 0 aromatic carbocycles. The van der Waals surface area contributed by atoms with Crippen molar-refractivity contribution in [3.63, 3.8) is 0 Å². The lowest BCUT2D eigenvalue weighted by atomic mass is 9.37. The van der Waals surface area contributed by atoms with Crippen LogP contribution in [-0.2, 0) is 47.7 Å². The zero-order chi connectivity index (χ0) is 38.3. The lowest BCUT2D eigenvalue weighted by Crippen LogP contribution is -2.64. The van der Waals surface area contributed by atoms with Crippen LogP contribution in [0.4, 0.5) is 0 Å². The molecule has 0 amide bonds. The number of carboxylic acids is 1. The molecule has 12 atom stereocenters. The van der Waals surface area contributed by atoms with Crippen molar-refractivity contribution in [2.24, 2.45) is 39.9 Å². The maximum Gasteiger partial charge on any atom is 0.331 e. The number of aliphatic carboxylic acids is 1. The fourth-order valence-corrected chi connectivity index (χ4v) is 11.2. The fraction of sp³-hybridized carbons (Fsp3) is 0.732. The van der Waals surface area contributed by atoms with Gasteiger partial charge >= 0.3 is 23.9 Å². The zero-order valence-electron chi connectivity index (χ0n) is 32.3. The van der Waals surface area contributed by atoms with Crippen molar-refractivity contribution in [3.8, 4) is 0 Å². The predicted molar refractivity (Wildman–Crippen MR) is 190 cm³/mol. The molecule has 5 rings (SSSR count). The summed E-state index contributed by atoms with van der Waals surface area (Å²) in [7, 11) is 0. The Balaban J connectivity index is 1.41. The molecule has 1 N–H and O–H groups in total. The molecule has 0 aromatic rings. The van der Waals surface area contributed by atoms with Crippen LogP contribution in [0.5, 0.6) is 0 Å². The normalized spacial score (nSPS) is 40.4. The molecular weight excluding hydrogens is 668 g/mol. The van der Waals surface area contributed by atoms with E-state index in [0.717, 1.165) is 24.8 Å². The number of allylic oxidation sites excluding steroid dienone is 2. The Bertz CT molecular complexity index is 1540. The third-order valence-electron chi connectivity index (χ3n) is 13.5. The SMILES string of the molecule is CC(=O)OC[C@H]1OC(O[C@@H]2CC[C@]3(C)C4C(=O)C[C@H]5/C(=C(/CCC=C(C)C)C(=O)O)[C@@H](OC(C)=O)C[C@]5(C)[C@@]4(C)CC[C@H]3[C@@H]2C)C=C[C@@H]1OC(C)=O. The molecule has 0 spiro atoms. The van der Waals surface area contributed by atoms with E-state index in [4.69, 9.17) is 23.7 Å². The molecule has 52 heavy (non-hydrogen) atoms. The van der Waals surface area contributed by atoms with Gasteiger partial charge in [0.05, 0.1) is 6.10 Å². The number of fused-ring (bicyclic) bond motifs is 5. The first-order valence-corrected chi connectivity index (χ1v) is 18.9. The summed E-state index contributed by atoms with van der Waals surface area (Å²) in [6.07, 6.45) is 7.18. The van der Waals surface area contributed by atoms with Gasteiger partial charge < -0.3 is 28.8 Å². The lowest BCUT2D eigenvalue weighted by molar-refractivity contribution is -0.240. The number of carbonyl (C=O) groups excluding carboxylic acids is 4. The van der Waals surface area contributed by atoms with Crippen LogP contribution in [0.3, 0.4) is 0 Å². The van der Waals surface area contributed by atoms with Gasteiger partial charge in [0.1, 0.15) is 30.7 Å². The molecule has 4 fully saturated rings. The van der Waals surface area contributed by atoms with E-state index in [2.05, 4.69) is 27.7 Å². The van der Waals surface area contributed by atoms with Crippen LogP contribution >= 0.6 is 0 Å². The van der Waals surface area contributed by atoms with Crippen LogP contribution in [0.25, 0.3) is 0 Å². The number of ether oxygens (including phenoxy) is 5. The monoisotopic (exact) mass is 726 g/mol. The molecule has 0 saturated heterocycles. The quantitative estimate of drug-likeness (QED) is 0.111. The maximum atomic E-state index is 14.7. The van der Waals surface area contributed by atoms with Crippen LogP contribution in [0.1, 0.15) is 114 Å². The summed E-state index contributed by atoms with van der Waals surface area (Å²) in [5, 5.41) is 10.5. The smallest absolute Gasteiger partial charge is 0.331 e. The predicted octanol–water partition coefficient (Wildman–Crippen LogP) is 6.67. The van der Waals surface area contributed by atoms with Crippen molar-refractivity contribution < 1.29 is 52.8 Å². The topological polar surface area (TPSA) is 152 Å². The number of esters is 3. The molecule has 11 heteroatoms. The molecule has 5 aliphatic rings. The maximum absolute atomic E-state index is 14.7. The summed E-state index contributed by atoms with van der Waals surface area (Å²) in [6.45, 7) is 16.8. The van der Waals surface area contributed by atoms with E-state index in [0.29, 0.717) is 31.3 Å². The molecule has 288 valence electrons. The Labute approximate surface area is 307 Å². The van der Waals surface area contributed by atoms with E-state index in [1.807, 2.05) is 19.9 Å². The van der Waals surface area contributed by atoms with Crippen LogP contribution in [0.15, 0.2) is 34.9 Å². The number of carboxylic acid groups (broad SMARTS) is 1. The summed E-state index contributed by atoms with van der Waals surface area (Å²) in [5.74, 6) is -2.53. The molecule has 1 aliphatic heterocycles. The van der Waals surface area contributed by atoms with Crippen molar-refractivity contribution in [1.29, 1.82) is 0 Å². The summed E-state index contributed by atoms with van der Waals surface area (Å²) in [6, 6.07) is 0. The summed E-state index contributed by atoms with van der Waals surface area (Å²) < 4.78 is 29.2.